The molecule has 4 rings (SSSR count). The standard InChI is InChI=1S/C23H23ClN2O4S/c24-20-8-3-4-10-22(20)30-15-13-25-23(27)21-9-5-14-26(21)31(28,29)19-12-11-17-6-1-2-7-18(17)16-19/h1-4,6-8,10-12,16,21H,5,9,13-15H2,(H,25,27)/t21-/m1/s1. The molecule has 1 amide bonds. The summed E-state index contributed by atoms with van der Waals surface area (Å²) < 4.78 is 33.4. The van der Waals surface area contributed by atoms with E-state index in [2.05, 4.69) is 5.32 Å². The Labute approximate surface area is 186 Å². The van der Waals surface area contributed by atoms with Crippen LogP contribution in [0.15, 0.2) is 71.6 Å². The summed E-state index contributed by atoms with van der Waals surface area (Å²) in [5.74, 6) is 0.226. The third-order valence-corrected chi connectivity index (χ3v) is 7.55. The van der Waals surface area contributed by atoms with Crippen molar-refractivity contribution >= 4 is 38.3 Å². The van der Waals surface area contributed by atoms with Gasteiger partial charge in [0.1, 0.15) is 18.4 Å². The largest absolute Gasteiger partial charge is 0.490 e. The first-order chi connectivity index (χ1) is 15.0. The van der Waals surface area contributed by atoms with Crippen LogP contribution in [0.2, 0.25) is 5.02 Å². The van der Waals surface area contributed by atoms with Gasteiger partial charge in [-0.05, 0) is 47.9 Å². The van der Waals surface area contributed by atoms with E-state index in [4.69, 9.17) is 16.3 Å². The van der Waals surface area contributed by atoms with Gasteiger partial charge in [-0.1, -0.05) is 54.1 Å². The number of fused-ring (bicyclic) bond motifs is 1. The molecule has 0 saturated carbocycles. The number of amides is 1. The number of rotatable bonds is 7. The maximum Gasteiger partial charge on any atom is 0.243 e. The average molecular weight is 459 g/mol. The zero-order valence-corrected chi connectivity index (χ0v) is 18.4. The van der Waals surface area contributed by atoms with Crippen LogP contribution in [0.25, 0.3) is 10.8 Å². The van der Waals surface area contributed by atoms with Crippen LogP contribution in [0.1, 0.15) is 12.8 Å². The van der Waals surface area contributed by atoms with E-state index < -0.39 is 16.1 Å². The monoisotopic (exact) mass is 458 g/mol. The summed E-state index contributed by atoms with van der Waals surface area (Å²) in [4.78, 5) is 12.9. The topological polar surface area (TPSA) is 75.7 Å². The molecule has 3 aromatic carbocycles. The van der Waals surface area contributed by atoms with E-state index in [1.54, 1.807) is 30.3 Å². The van der Waals surface area contributed by atoms with Gasteiger partial charge in [-0.15, -0.1) is 0 Å². The van der Waals surface area contributed by atoms with Crippen LogP contribution in [0.5, 0.6) is 5.75 Å². The molecule has 0 aromatic heterocycles. The summed E-state index contributed by atoms with van der Waals surface area (Å²) >= 11 is 6.05. The molecule has 0 aliphatic carbocycles. The Kier molecular flexibility index (Phi) is 6.46. The molecule has 3 aromatic rings. The minimum absolute atomic E-state index is 0.202. The number of hydrogen-bond donors (Lipinski definition) is 1. The van der Waals surface area contributed by atoms with Crippen LogP contribution in [0.3, 0.4) is 0 Å². The highest BCUT2D eigenvalue weighted by atomic mass is 35.5. The normalized spacial score (nSPS) is 17.0. The van der Waals surface area contributed by atoms with E-state index in [1.807, 2.05) is 36.4 Å². The molecule has 162 valence electrons. The minimum Gasteiger partial charge on any atom is -0.490 e. The van der Waals surface area contributed by atoms with Gasteiger partial charge < -0.3 is 10.1 Å². The fourth-order valence-electron chi connectivity index (χ4n) is 3.77. The Morgan fingerprint density at radius 3 is 2.61 bits per heavy atom. The Hall–Kier alpha value is -2.61. The van der Waals surface area contributed by atoms with Crippen molar-refractivity contribution in [1.29, 1.82) is 0 Å². The van der Waals surface area contributed by atoms with Gasteiger partial charge in [0.05, 0.1) is 16.5 Å². The molecule has 1 heterocycles. The third-order valence-electron chi connectivity index (χ3n) is 5.33. The molecule has 0 bridgehead atoms. The predicted molar refractivity (Wildman–Crippen MR) is 121 cm³/mol. The second-order valence-electron chi connectivity index (χ2n) is 7.35. The van der Waals surface area contributed by atoms with Crippen LogP contribution < -0.4 is 10.1 Å². The van der Waals surface area contributed by atoms with Gasteiger partial charge in [0, 0.05) is 6.54 Å². The van der Waals surface area contributed by atoms with Gasteiger partial charge in [0.25, 0.3) is 0 Å². The van der Waals surface area contributed by atoms with Crippen molar-refractivity contribution in [2.45, 2.75) is 23.8 Å². The van der Waals surface area contributed by atoms with Gasteiger partial charge >= 0.3 is 0 Å². The smallest absolute Gasteiger partial charge is 0.243 e. The zero-order valence-electron chi connectivity index (χ0n) is 16.8. The minimum atomic E-state index is -3.78. The molecule has 0 unspecified atom stereocenters. The number of benzene rings is 3. The van der Waals surface area contributed by atoms with Crippen molar-refractivity contribution in [2.75, 3.05) is 19.7 Å². The van der Waals surface area contributed by atoms with Gasteiger partial charge in [-0.3, -0.25) is 4.79 Å². The summed E-state index contributed by atoms with van der Waals surface area (Å²) in [5.41, 5.74) is 0. The summed E-state index contributed by atoms with van der Waals surface area (Å²) in [6.45, 7) is 0.813. The van der Waals surface area contributed by atoms with Crippen LogP contribution in [0.4, 0.5) is 0 Å². The fraction of sp³-hybridized carbons (Fsp3) is 0.261. The molecule has 1 atom stereocenters. The zero-order chi connectivity index (χ0) is 21.8. The first-order valence-corrected chi connectivity index (χ1v) is 11.9. The molecule has 6 nitrogen and oxygen atoms in total. The van der Waals surface area contributed by atoms with Gasteiger partial charge in [0.15, 0.2) is 0 Å². The number of carbonyl (C=O) groups excluding carboxylic acids is 1. The highest BCUT2D eigenvalue weighted by molar-refractivity contribution is 7.89. The van der Waals surface area contributed by atoms with Gasteiger partial charge in [-0.2, -0.15) is 4.31 Å². The molecule has 1 aliphatic rings. The number of halogens is 1. The molecule has 8 heteroatoms. The van der Waals surface area contributed by atoms with E-state index in [-0.39, 0.29) is 24.0 Å². The second kappa shape index (κ2) is 9.26. The maximum atomic E-state index is 13.3. The summed E-state index contributed by atoms with van der Waals surface area (Å²) in [6.07, 6.45) is 1.13. The number of ether oxygens (including phenoxy) is 1. The van der Waals surface area contributed by atoms with Crippen LogP contribution in [-0.2, 0) is 14.8 Å². The lowest BCUT2D eigenvalue weighted by Gasteiger charge is -2.23. The number of nitrogens with zero attached hydrogens (tertiary/aromatic N) is 1. The fourth-order valence-corrected chi connectivity index (χ4v) is 5.65. The Bertz CT molecular complexity index is 1200. The van der Waals surface area contributed by atoms with E-state index in [0.717, 1.165) is 10.8 Å². The molecular formula is C23H23ClN2O4S. The maximum absolute atomic E-state index is 13.3. The van der Waals surface area contributed by atoms with Crippen molar-refractivity contribution in [2.24, 2.45) is 0 Å². The quantitative estimate of drug-likeness (QED) is 0.546. The van der Waals surface area contributed by atoms with Crippen molar-refractivity contribution in [3.05, 3.63) is 71.8 Å². The Morgan fingerprint density at radius 1 is 1.06 bits per heavy atom. The summed E-state index contributed by atoms with van der Waals surface area (Å²) in [7, 11) is -3.78. The van der Waals surface area contributed by atoms with Gasteiger partial charge in [0.2, 0.25) is 15.9 Å². The number of hydrogen-bond acceptors (Lipinski definition) is 4. The molecule has 1 N–H and O–H groups in total. The summed E-state index contributed by atoms with van der Waals surface area (Å²) in [6, 6.07) is 19.0. The predicted octanol–water partition coefficient (Wildman–Crippen LogP) is 3.84. The van der Waals surface area contributed by atoms with Gasteiger partial charge in [-0.25, -0.2) is 8.42 Å². The first kappa shape index (κ1) is 21.6. The molecule has 0 radical (unpaired) electrons. The SMILES string of the molecule is O=C(NCCOc1ccccc1Cl)[C@H]1CCCN1S(=O)(=O)c1ccc2ccccc2c1. The first-order valence-electron chi connectivity index (χ1n) is 10.1. The van der Waals surface area contributed by atoms with E-state index >= 15 is 0 Å². The van der Waals surface area contributed by atoms with Crippen molar-refractivity contribution in [3.8, 4) is 5.75 Å². The molecule has 0 spiro atoms. The molecule has 1 fully saturated rings. The average Bonchev–Trinajstić information content (AvgIpc) is 3.28. The third kappa shape index (κ3) is 4.69. The number of nitrogens with one attached hydrogen (secondary N) is 1. The Morgan fingerprint density at radius 2 is 1.81 bits per heavy atom. The molecule has 31 heavy (non-hydrogen) atoms. The van der Waals surface area contributed by atoms with Crippen LogP contribution >= 0.6 is 11.6 Å². The lowest BCUT2D eigenvalue weighted by molar-refractivity contribution is -0.124. The van der Waals surface area contributed by atoms with Crippen molar-refractivity contribution < 1.29 is 17.9 Å². The van der Waals surface area contributed by atoms with Crippen LogP contribution in [0, 0.1) is 0 Å². The summed E-state index contributed by atoms with van der Waals surface area (Å²) in [5, 5.41) is 5.10. The highest BCUT2D eigenvalue weighted by Gasteiger charge is 2.39. The van der Waals surface area contributed by atoms with E-state index in [1.165, 1.54) is 4.31 Å². The number of para-hydroxylation sites is 1. The van der Waals surface area contributed by atoms with E-state index in [0.29, 0.717) is 30.2 Å². The molecular weight excluding hydrogens is 436 g/mol. The van der Waals surface area contributed by atoms with Crippen molar-refractivity contribution in [3.63, 3.8) is 0 Å². The number of sulfonamides is 1. The van der Waals surface area contributed by atoms with Crippen molar-refractivity contribution in [1.82, 2.24) is 9.62 Å². The highest BCUT2D eigenvalue weighted by Crippen LogP contribution is 2.28. The lowest BCUT2D eigenvalue weighted by atomic mass is 10.1. The Balaban J connectivity index is 1.41. The molecule has 1 aliphatic heterocycles. The van der Waals surface area contributed by atoms with Crippen LogP contribution in [-0.4, -0.2) is 44.4 Å². The molecule has 1 saturated heterocycles. The number of carbonyl (C=O) groups is 1. The second-order valence-corrected chi connectivity index (χ2v) is 9.65. The van der Waals surface area contributed by atoms with E-state index in [9.17, 15) is 13.2 Å². The lowest BCUT2D eigenvalue weighted by Crippen LogP contribution is -2.46.